The molecule has 1 aromatic carbocycles. The Kier molecular flexibility index (Phi) is 6.51. The molecule has 0 amide bonds. The molecule has 0 radical (unpaired) electrons. The molecule has 2 N–H and O–H groups in total. The third-order valence-corrected chi connectivity index (χ3v) is 4.15. The third kappa shape index (κ3) is 5.55. The van der Waals surface area contributed by atoms with Gasteiger partial charge in [-0.25, -0.2) is 9.38 Å². The standard InChI is InChI=1S/C20H27FN4/c1-5-22-19(24-13-18-15(2)8-7-11-23-18)25-14-20(3,4)16-9-6-10-17(21)12-16/h6-12H,5,13-14H2,1-4H3,(H2,22,24,25). The van der Waals surface area contributed by atoms with E-state index in [4.69, 9.17) is 0 Å². The number of hydrogen-bond donors (Lipinski definition) is 2. The molecular weight excluding hydrogens is 315 g/mol. The number of aromatic nitrogens is 1. The molecule has 0 aliphatic rings. The molecule has 0 fully saturated rings. The van der Waals surface area contributed by atoms with Gasteiger partial charge in [-0.05, 0) is 43.2 Å². The van der Waals surface area contributed by atoms with Gasteiger partial charge in [0.1, 0.15) is 5.82 Å². The summed E-state index contributed by atoms with van der Waals surface area (Å²) in [7, 11) is 0. The van der Waals surface area contributed by atoms with Crippen LogP contribution in [0.1, 0.15) is 37.6 Å². The molecule has 0 spiro atoms. The van der Waals surface area contributed by atoms with E-state index in [1.807, 2.05) is 32.0 Å². The number of aryl methyl sites for hydroxylation is 1. The second kappa shape index (κ2) is 8.60. The quantitative estimate of drug-likeness (QED) is 0.623. The summed E-state index contributed by atoms with van der Waals surface area (Å²) in [4.78, 5) is 8.99. The number of nitrogens with zero attached hydrogens (tertiary/aromatic N) is 2. The van der Waals surface area contributed by atoms with Gasteiger partial charge in [-0.1, -0.05) is 32.0 Å². The molecule has 0 saturated carbocycles. The zero-order chi connectivity index (χ0) is 18.3. The van der Waals surface area contributed by atoms with Crippen LogP contribution in [0.15, 0.2) is 47.6 Å². The van der Waals surface area contributed by atoms with Crippen LogP contribution < -0.4 is 10.6 Å². The van der Waals surface area contributed by atoms with Crippen molar-refractivity contribution in [3.63, 3.8) is 0 Å². The van der Waals surface area contributed by atoms with Gasteiger partial charge in [-0.3, -0.25) is 4.98 Å². The van der Waals surface area contributed by atoms with Crippen molar-refractivity contribution in [3.05, 3.63) is 65.2 Å². The van der Waals surface area contributed by atoms with Crippen molar-refractivity contribution < 1.29 is 4.39 Å². The van der Waals surface area contributed by atoms with E-state index >= 15 is 0 Å². The number of benzene rings is 1. The number of guanidine groups is 1. The molecule has 0 aliphatic carbocycles. The van der Waals surface area contributed by atoms with Crippen molar-refractivity contribution in [2.24, 2.45) is 4.99 Å². The summed E-state index contributed by atoms with van der Waals surface area (Å²) in [6.07, 6.45) is 1.78. The Balaban J connectivity index is 2.05. The fourth-order valence-electron chi connectivity index (χ4n) is 2.50. The van der Waals surface area contributed by atoms with Crippen LogP contribution in [0.5, 0.6) is 0 Å². The van der Waals surface area contributed by atoms with Gasteiger partial charge in [0.15, 0.2) is 5.96 Å². The van der Waals surface area contributed by atoms with Crippen molar-refractivity contribution >= 4 is 5.96 Å². The van der Waals surface area contributed by atoms with Crippen molar-refractivity contribution in [2.75, 3.05) is 13.1 Å². The van der Waals surface area contributed by atoms with E-state index in [0.29, 0.717) is 13.1 Å². The maximum atomic E-state index is 13.5. The monoisotopic (exact) mass is 342 g/mol. The van der Waals surface area contributed by atoms with E-state index in [1.165, 1.54) is 6.07 Å². The van der Waals surface area contributed by atoms with Crippen LogP contribution in [0, 0.1) is 12.7 Å². The number of nitrogens with one attached hydrogen (secondary N) is 2. The molecule has 0 atom stereocenters. The van der Waals surface area contributed by atoms with Crippen molar-refractivity contribution in [2.45, 2.75) is 39.7 Å². The van der Waals surface area contributed by atoms with E-state index in [1.54, 1.807) is 18.3 Å². The normalized spacial score (nSPS) is 12.1. The summed E-state index contributed by atoms with van der Waals surface area (Å²) in [5, 5.41) is 6.60. The molecule has 1 aromatic heterocycles. The fourth-order valence-corrected chi connectivity index (χ4v) is 2.50. The highest BCUT2D eigenvalue weighted by Crippen LogP contribution is 2.22. The molecule has 2 aromatic rings. The summed E-state index contributed by atoms with van der Waals surface area (Å²) in [6, 6.07) is 10.7. The number of pyridine rings is 1. The Morgan fingerprint density at radius 1 is 1.20 bits per heavy atom. The molecule has 1 heterocycles. The van der Waals surface area contributed by atoms with Crippen LogP contribution in [-0.2, 0) is 12.0 Å². The van der Waals surface area contributed by atoms with Gasteiger partial charge in [0.25, 0.3) is 0 Å². The largest absolute Gasteiger partial charge is 0.357 e. The Morgan fingerprint density at radius 3 is 2.68 bits per heavy atom. The van der Waals surface area contributed by atoms with Crippen LogP contribution >= 0.6 is 0 Å². The molecule has 4 nitrogen and oxygen atoms in total. The molecule has 0 aliphatic heterocycles. The minimum Gasteiger partial charge on any atom is -0.357 e. The second-order valence-corrected chi connectivity index (χ2v) is 6.71. The predicted octanol–water partition coefficient (Wildman–Crippen LogP) is 3.56. The first kappa shape index (κ1) is 18.9. The predicted molar refractivity (Wildman–Crippen MR) is 101 cm³/mol. The molecule has 0 saturated heterocycles. The first-order valence-electron chi connectivity index (χ1n) is 8.61. The topological polar surface area (TPSA) is 49.3 Å². The van der Waals surface area contributed by atoms with Gasteiger partial charge in [0.05, 0.1) is 12.2 Å². The zero-order valence-corrected chi connectivity index (χ0v) is 15.4. The molecule has 0 unspecified atom stereocenters. The highest BCUT2D eigenvalue weighted by atomic mass is 19.1. The average Bonchev–Trinajstić information content (AvgIpc) is 2.58. The maximum absolute atomic E-state index is 13.5. The lowest BCUT2D eigenvalue weighted by Gasteiger charge is -2.27. The Hall–Kier alpha value is -2.43. The van der Waals surface area contributed by atoms with Crippen molar-refractivity contribution in [1.82, 2.24) is 15.6 Å². The van der Waals surface area contributed by atoms with Gasteiger partial charge in [-0.15, -0.1) is 0 Å². The molecule has 0 bridgehead atoms. The number of halogens is 1. The molecule has 5 heteroatoms. The third-order valence-electron chi connectivity index (χ3n) is 4.15. The lowest BCUT2D eigenvalue weighted by molar-refractivity contribution is 0.503. The number of rotatable bonds is 6. The summed E-state index contributed by atoms with van der Waals surface area (Å²) in [5.41, 5.74) is 2.82. The minimum absolute atomic E-state index is 0.211. The summed E-state index contributed by atoms with van der Waals surface area (Å²) < 4.78 is 13.5. The second-order valence-electron chi connectivity index (χ2n) is 6.71. The van der Waals surface area contributed by atoms with Gasteiger partial charge in [0, 0.05) is 24.7 Å². The van der Waals surface area contributed by atoms with E-state index < -0.39 is 0 Å². The average molecular weight is 342 g/mol. The number of hydrogen-bond acceptors (Lipinski definition) is 2. The van der Waals surface area contributed by atoms with Crippen LogP contribution in [0.3, 0.4) is 0 Å². The minimum atomic E-state index is -0.223. The van der Waals surface area contributed by atoms with Crippen LogP contribution in [0.4, 0.5) is 4.39 Å². The van der Waals surface area contributed by atoms with Crippen LogP contribution in [0.2, 0.25) is 0 Å². The highest BCUT2D eigenvalue weighted by molar-refractivity contribution is 5.79. The smallest absolute Gasteiger partial charge is 0.191 e. The lowest BCUT2D eigenvalue weighted by atomic mass is 9.84. The van der Waals surface area contributed by atoms with Crippen LogP contribution in [-0.4, -0.2) is 24.0 Å². The molecule has 2 rings (SSSR count). The van der Waals surface area contributed by atoms with Crippen LogP contribution in [0.25, 0.3) is 0 Å². The lowest BCUT2D eigenvalue weighted by Crippen LogP contribution is -2.43. The van der Waals surface area contributed by atoms with Gasteiger partial charge in [-0.2, -0.15) is 0 Å². The van der Waals surface area contributed by atoms with Gasteiger partial charge < -0.3 is 10.6 Å². The molecule has 134 valence electrons. The SMILES string of the molecule is CCNC(=NCc1ncccc1C)NCC(C)(C)c1cccc(F)c1. The zero-order valence-electron chi connectivity index (χ0n) is 15.4. The Bertz CT molecular complexity index is 725. The Morgan fingerprint density at radius 2 is 2.00 bits per heavy atom. The van der Waals surface area contributed by atoms with E-state index in [-0.39, 0.29) is 11.2 Å². The Labute approximate surface area is 149 Å². The first-order valence-corrected chi connectivity index (χ1v) is 8.61. The van der Waals surface area contributed by atoms with Gasteiger partial charge in [0.2, 0.25) is 0 Å². The fraction of sp³-hybridized carbons (Fsp3) is 0.400. The summed E-state index contributed by atoms with van der Waals surface area (Å²) in [5.74, 6) is 0.522. The summed E-state index contributed by atoms with van der Waals surface area (Å²) in [6.45, 7) is 10.2. The van der Waals surface area contributed by atoms with E-state index in [0.717, 1.165) is 29.3 Å². The van der Waals surface area contributed by atoms with E-state index in [9.17, 15) is 4.39 Å². The van der Waals surface area contributed by atoms with Crippen molar-refractivity contribution in [3.8, 4) is 0 Å². The first-order chi connectivity index (χ1) is 11.9. The van der Waals surface area contributed by atoms with Gasteiger partial charge >= 0.3 is 0 Å². The van der Waals surface area contributed by atoms with Crippen molar-refractivity contribution in [1.29, 1.82) is 0 Å². The molecule has 25 heavy (non-hydrogen) atoms. The molecular formula is C20H27FN4. The van der Waals surface area contributed by atoms with E-state index in [2.05, 4.69) is 34.5 Å². The number of aliphatic imine (C=N–C) groups is 1. The maximum Gasteiger partial charge on any atom is 0.191 e. The highest BCUT2D eigenvalue weighted by Gasteiger charge is 2.21. The summed E-state index contributed by atoms with van der Waals surface area (Å²) >= 11 is 0.